The van der Waals surface area contributed by atoms with Crippen molar-refractivity contribution in [2.24, 2.45) is 5.10 Å². The van der Waals surface area contributed by atoms with E-state index in [-0.39, 0.29) is 27.0 Å². The van der Waals surface area contributed by atoms with E-state index < -0.39 is 14.9 Å². The monoisotopic (exact) mass is 472 g/mol. The van der Waals surface area contributed by atoms with E-state index >= 15 is 0 Å². The number of nitro groups is 1. The van der Waals surface area contributed by atoms with Crippen LogP contribution in [0.25, 0.3) is 0 Å². The Morgan fingerprint density at radius 3 is 2.38 bits per heavy atom. The molecule has 0 heterocycles. The average molecular weight is 473 g/mol. The Hall–Kier alpha value is -3.43. The number of halogens is 1. The van der Waals surface area contributed by atoms with Gasteiger partial charge < -0.3 is 0 Å². The smallest absolute Gasteiger partial charge is 0.270 e. The zero-order valence-electron chi connectivity index (χ0n) is 17.2. The molecule has 10 heteroatoms. The zero-order chi connectivity index (χ0) is 23.1. The number of benzene rings is 3. The summed E-state index contributed by atoms with van der Waals surface area (Å²) in [4.78, 5) is 10.3. The van der Waals surface area contributed by atoms with Gasteiger partial charge in [-0.25, -0.2) is 8.42 Å². The lowest BCUT2D eigenvalue weighted by Gasteiger charge is -2.14. The Kier molecular flexibility index (Phi) is 7.45. The standard InChI is InChI=1S/C22H21ClN4O4S/c1-2-8-19(16-9-4-3-5-10-16)24-25-21-14-13-17(27(28)29)15-22(21)32(30,31)26-20-12-7-6-11-18(20)23/h3-7,9-15,25-26H,2,8H2,1H3. The normalized spacial score (nSPS) is 11.8. The van der Waals surface area contributed by atoms with Gasteiger partial charge in [0.15, 0.2) is 0 Å². The Labute approximate surface area is 191 Å². The average Bonchev–Trinajstić information content (AvgIpc) is 2.78. The fourth-order valence-electron chi connectivity index (χ4n) is 2.94. The molecule has 0 saturated carbocycles. The summed E-state index contributed by atoms with van der Waals surface area (Å²) < 4.78 is 28.6. The molecule has 0 amide bonds. The van der Waals surface area contributed by atoms with E-state index in [1.54, 1.807) is 12.1 Å². The van der Waals surface area contributed by atoms with Crippen LogP contribution in [0, 0.1) is 10.1 Å². The van der Waals surface area contributed by atoms with Crippen LogP contribution in [0.5, 0.6) is 0 Å². The van der Waals surface area contributed by atoms with Crippen molar-refractivity contribution in [2.45, 2.75) is 24.7 Å². The molecule has 2 N–H and O–H groups in total. The second-order valence-electron chi connectivity index (χ2n) is 6.81. The predicted octanol–water partition coefficient (Wildman–Crippen LogP) is 5.67. The molecule has 3 aromatic carbocycles. The van der Waals surface area contributed by atoms with Crippen LogP contribution in [0.1, 0.15) is 25.3 Å². The number of hydrogen-bond donors (Lipinski definition) is 2. The van der Waals surface area contributed by atoms with E-state index in [4.69, 9.17) is 11.6 Å². The molecule has 0 aromatic heterocycles. The van der Waals surface area contributed by atoms with Gasteiger partial charge in [0.05, 0.1) is 27.0 Å². The number of nitrogens with zero attached hydrogens (tertiary/aromatic N) is 2. The van der Waals surface area contributed by atoms with Crippen molar-refractivity contribution in [3.8, 4) is 0 Å². The summed E-state index contributed by atoms with van der Waals surface area (Å²) in [5.74, 6) is 0. The Bertz CT molecular complexity index is 1250. The van der Waals surface area contributed by atoms with Crippen LogP contribution < -0.4 is 10.1 Å². The summed E-state index contributed by atoms with van der Waals surface area (Å²) in [6.45, 7) is 2.01. The third kappa shape index (κ3) is 5.63. The molecule has 8 nitrogen and oxygen atoms in total. The minimum absolute atomic E-state index is 0.0969. The SMILES string of the molecule is CCCC(=NNc1ccc([N+](=O)[O-])cc1S(=O)(=O)Nc1ccccc1Cl)c1ccccc1. The fourth-order valence-corrected chi connectivity index (χ4v) is 4.44. The number of non-ortho nitro benzene ring substituents is 1. The number of para-hydroxylation sites is 1. The van der Waals surface area contributed by atoms with Crippen molar-refractivity contribution < 1.29 is 13.3 Å². The molecule has 0 aliphatic carbocycles. The molecule has 3 aromatic rings. The van der Waals surface area contributed by atoms with E-state index in [2.05, 4.69) is 15.2 Å². The van der Waals surface area contributed by atoms with E-state index in [9.17, 15) is 18.5 Å². The number of hydrogen-bond acceptors (Lipinski definition) is 6. The first kappa shape index (κ1) is 23.2. The maximum absolute atomic E-state index is 13.1. The number of rotatable bonds is 9. The Balaban J connectivity index is 2.03. The number of sulfonamides is 1. The molecule has 0 radical (unpaired) electrons. The van der Waals surface area contributed by atoms with Gasteiger partial charge in [-0.2, -0.15) is 5.10 Å². The lowest BCUT2D eigenvalue weighted by atomic mass is 10.1. The molecule has 0 atom stereocenters. The van der Waals surface area contributed by atoms with Gasteiger partial charge in [-0.05, 0) is 30.2 Å². The van der Waals surface area contributed by atoms with Crippen molar-refractivity contribution >= 4 is 44.4 Å². The van der Waals surface area contributed by atoms with Gasteiger partial charge in [0.25, 0.3) is 15.7 Å². The van der Waals surface area contributed by atoms with Crippen LogP contribution in [0.3, 0.4) is 0 Å². The van der Waals surface area contributed by atoms with Crippen LogP contribution in [-0.4, -0.2) is 19.1 Å². The van der Waals surface area contributed by atoms with E-state index in [0.29, 0.717) is 6.42 Å². The molecular formula is C22H21ClN4O4S. The highest BCUT2D eigenvalue weighted by molar-refractivity contribution is 7.93. The predicted molar refractivity (Wildman–Crippen MR) is 127 cm³/mol. The second-order valence-corrected chi connectivity index (χ2v) is 8.87. The zero-order valence-corrected chi connectivity index (χ0v) is 18.7. The van der Waals surface area contributed by atoms with Gasteiger partial charge in [-0.15, -0.1) is 0 Å². The number of hydrazone groups is 1. The van der Waals surface area contributed by atoms with E-state index in [0.717, 1.165) is 23.8 Å². The number of anilines is 2. The van der Waals surface area contributed by atoms with Crippen LogP contribution >= 0.6 is 11.6 Å². The van der Waals surface area contributed by atoms with Crippen molar-refractivity contribution in [3.05, 3.63) is 93.5 Å². The summed E-state index contributed by atoms with van der Waals surface area (Å²) in [6.07, 6.45) is 1.48. The van der Waals surface area contributed by atoms with Crippen LogP contribution in [0.2, 0.25) is 5.02 Å². The summed E-state index contributed by atoms with van der Waals surface area (Å²) >= 11 is 6.07. The molecule has 0 spiro atoms. The highest BCUT2D eigenvalue weighted by Gasteiger charge is 2.23. The molecule has 0 bridgehead atoms. The van der Waals surface area contributed by atoms with Gasteiger partial charge in [-0.1, -0.05) is 67.4 Å². The van der Waals surface area contributed by atoms with Crippen molar-refractivity contribution in [3.63, 3.8) is 0 Å². The lowest BCUT2D eigenvalue weighted by molar-refractivity contribution is -0.385. The Morgan fingerprint density at radius 2 is 1.72 bits per heavy atom. The van der Waals surface area contributed by atoms with Crippen molar-refractivity contribution in [1.82, 2.24) is 0 Å². The third-order valence-electron chi connectivity index (χ3n) is 4.49. The van der Waals surface area contributed by atoms with Crippen molar-refractivity contribution in [1.29, 1.82) is 0 Å². The first-order valence-electron chi connectivity index (χ1n) is 9.75. The topological polar surface area (TPSA) is 114 Å². The number of nitro benzene ring substituents is 1. The second kappa shape index (κ2) is 10.3. The molecule has 0 unspecified atom stereocenters. The first-order chi connectivity index (χ1) is 15.3. The molecule has 166 valence electrons. The van der Waals surface area contributed by atoms with Gasteiger partial charge >= 0.3 is 0 Å². The molecule has 3 rings (SSSR count). The third-order valence-corrected chi connectivity index (χ3v) is 6.22. The molecule has 0 aliphatic rings. The molecule has 32 heavy (non-hydrogen) atoms. The van der Waals surface area contributed by atoms with Gasteiger partial charge in [0.2, 0.25) is 0 Å². The minimum atomic E-state index is -4.22. The first-order valence-corrected chi connectivity index (χ1v) is 11.6. The lowest BCUT2D eigenvalue weighted by Crippen LogP contribution is -2.15. The molecule has 0 fully saturated rings. The largest absolute Gasteiger partial charge is 0.278 e. The summed E-state index contributed by atoms with van der Waals surface area (Å²) in [5, 5.41) is 15.9. The van der Waals surface area contributed by atoms with Gasteiger partial charge in [-0.3, -0.25) is 20.3 Å². The minimum Gasteiger partial charge on any atom is -0.278 e. The molecule has 0 saturated heterocycles. The highest BCUT2D eigenvalue weighted by atomic mass is 35.5. The van der Waals surface area contributed by atoms with Crippen molar-refractivity contribution in [2.75, 3.05) is 10.1 Å². The maximum atomic E-state index is 13.1. The molecular weight excluding hydrogens is 452 g/mol. The quantitative estimate of drug-likeness (QED) is 0.237. The van der Waals surface area contributed by atoms with Crippen LogP contribution in [0.15, 0.2) is 82.8 Å². The van der Waals surface area contributed by atoms with E-state index in [1.165, 1.54) is 24.3 Å². The summed E-state index contributed by atoms with van der Waals surface area (Å²) in [6, 6.07) is 19.3. The molecule has 0 aliphatic heterocycles. The summed E-state index contributed by atoms with van der Waals surface area (Å²) in [7, 11) is -4.22. The van der Waals surface area contributed by atoms with Gasteiger partial charge in [0, 0.05) is 12.1 Å². The van der Waals surface area contributed by atoms with E-state index in [1.807, 2.05) is 37.3 Å². The summed E-state index contributed by atoms with van der Waals surface area (Å²) in [5.41, 5.74) is 4.29. The fraction of sp³-hybridized carbons (Fsp3) is 0.136. The highest BCUT2D eigenvalue weighted by Crippen LogP contribution is 2.30. The van der Waals surface area contributed by atoms with Gasteiger partial charge in [0.1, 0.15) is 4.90 Å². The number of nitrogens with one attached hydrogen (secondary N) is 2. The van der Waals surface area contributed by atoms with Crippen LogP contribution in [-0.2, 0) is 10.0 Å². The van der Waals surface area contributed by atoms with Crippen LogP contribution in [0.4, 0.5) is 17.1 Å². The Morgan fingerprint density at radius 1 is 1.03 bits per heavy atom. The maximum Gasteiger partial charge on any atom is 0.270 e.